The number of fused-ring (bicyclic) bond motifs is 1. The molecule has 0 saturated heterocycles. The minimum Gasteiger partial charge on any atom is -0.486 e. The third-order valence-corrected chi connectivity index (χ3v) is 3.31. The number of nitrogens with two attached hydrogens (primary N) is 1. The quantitative estimate of drug-likeness (QED) is 0.896. The maximum absolute atomic E-state index is 5.86. The van der Waals surface area contributed by atoms with E-state index in [1.54, 1.807) is 0 Å². The molecule has 0 radical (unpaired) electrons. The Kier molecular flexibility index (Phi) is 3.13. The topological polar surface area (TPSA) is 44.5 Å². The molecule has 1 unspecified atom stereocenters. The summed E-state index contributed by atoms with van der Waals surface area (Å²) in [6, 6.07) is 14.4. The molecule has 19 heavy (non-hydrogen) atoms. The molecule has 2 aromatic rings. The van der Waals surface area contributed by atoms with Crippen LogP contribution >= 0.6 is 0 Å². The van der Waals surface area contributed by atoms with Crippen LogP contribution in [-0.4, -0.2) is 13.2 Å². The Morgan fingerprint density at radius 3 is 2.21 bits per heavy atom. The highest BCUT2D eigenvalue weighted by Gasteiger charge is 2.12. The van der Waals surface area contributed by atoms with Gasteiger partial charge in [0, 0.05) is 6.04 Å². The van der Waals surface area contributed by atoms with E-state index < -0.39 is 0 Å². The van der Waals surface area contributed by atoms with Crippen LogP contribution in [0, 0.1) is 0 Å². The SMILES string of the molecule is CC(N)c1ccc(-c2ccc3c(c2)OCCO3)cc1. The summed E-state index contributed by atoms with van der Waals surface area (Å²) in [6.45, 7) is 3.22. The third-order valence-electron chi connectivity index (χ3n) is 3.31. The van der Waals surface area contributed by atoms with E-state index in [1.807, 2.05) is 25.1 Å². The van der Waals surface area contributed by atoms with Crippen LogP contribution in [0.1, 0.15) is 18.5 Å². The van der Waals surface area contributed by atoms with Crippen LogP contribution in [0.5, 0.6) is 11.5 Å². The summed E-state index contributed by atoms with van der Waals surface area (Å²) in [5.41, 5.74) is 9.28. The molecule has 0 saturated carbocycles. The van der Waals surface area contributed by atoms with Gasteiger partial charge in [-0.3, -0.25) is 0 Å². The van der Waals surface area contributed by atoms with E-state index in [-0.39, 0.29) is 6.04 Å². The van der Waals surface area contributed by atoms with E-state index in [0.717, 1.165) is 28.2 Å². The third kappa shape index (κ3) is 2.42. The van der Waals surface area contributed by atoms with Gasteiger partial charge in [0.05, 0.1) is 0 Å². The van der Waals surface area contributed by atoms with Gasteiger partial charge < -0.3 is 15.2 Å². The van der Waals surface area contributed by atoms with E-state index in [2.05, 4.69) is 24.3 Å². The van der Waals surface area contributed by atoms with Crippen molar-refractivity contribution in [1.82, 2.24) is 0 Å². The van der Waals surface area contributed by atoms with Crippen molar-refractivity contribution in [3.8, 4) is 22.6 Å². The summed E-state index contributed by atoms with van der Waals surface area (Å²) < 4.78 is 11.1. The van der Waals surface area contributed by atoms with Crippen molar-refractivity contribution in [1.29, 1.82) is 0 Å². The molecule has 1 aliphatic rings. The van der Waals surface area contributed by atoms with Gasteiger partial charge in [0.1, 0.15) is 13.2 Å². The first kappa shape index (κ1) is 12.1. The largest absolute Gasteiger partial charge is 0.486 e. The summed E-state index contributed by atoms with van der Waals surface area (Å²) in [5, 5.41) is 0. The van der Waals surface area contributed by atoms with Crippen molar-refractivity contribution in [3.05, 3.63) is 48.0 Å². The number of ether oxygens (including phenoxy) is 2. The first-order valence-electron chi connectivity index (χ1n) is 6.49. The molecule has 0 fully saturated rings. The van der Waals surface area contributed by atoms with Gasteiger partial charge in [-0.15, -0.1) is 0 Å². The van der Waals surface area contributed by atoms with Gasteiger partial charge in [-0.2, -0.15) is 0 Å². The smallest absolute Gasteiger partial charge is 0.161 e. The molecule has 2 N–H and O–H groups in total. The first-order chi connectivity index (χ1) is 9.24. The summed E-state index contributed by atoms with van der Waals surface area (Å²) >= 11 is 0. The summed E-state index contributed by atoms with van der Waals surface area (Å²) in [5.74, 6) is 1.64. The van der Waals surface area contributed by atoms with Crippen molar-refractivity contribution >= 4 is 0 Å². The van der Waals surface area contributed by atoms with Crippen LogP contribution in [0.2, 0.25) is 0 Å². The predicted octanol–water partition coefficient (Wildman–Crippen LogP) is 3.14. The standard InChI is InChI=1S/C16H17NO2/c1-11(17)12-2-4-13(5-3-12)14-6-7-15-16(10-14)19-9-8-18-15/h2-7,10-11H,8-9,17H2,1H3. The molecule has 0 amide bonds. The lowest BCUT2D eigenvalue weighted by molar-refractivity contribution is 0.171. The number of hydrogen-bond acceptors (Lipinski definition) is 3. The Hall–Kier alpha value is -2.00. The molecule has 3 rings (SSSR count). The normalized spacial score (nSPS) is 15.1. The Bertz CT molecular complexity index is 576. The zero-order valence-electron chi connectivity index (χ0n) is 10.9. The zero-order chi connectivity index (χ0) is 13.2. The van der Waals surface area contributed by atoms with Crippen molar-refractivity contribution in [2.24, 2.45) is 5.73 Å². The fourth-order valence-electron chi connectivity index (χ4n) is 2.20. The molecule has 0 bridgehead atoms. The van der Waals surface area contributed by atoms with Crippen LogP contribution in [0.4, 0.5) is 0 Å². The maximum atomic E-state index is 5.86. The fraction of sp³-hybridized carbons (Fsp3) is 0.250. The van der Waals surface area contributed by atoms with Crippen LogP contribution in [-0.2, 0) is 0 Å². The highest BCUT2D eigenvalue weighted by atomic mass is 16.6. The average molecular weight is 255 g/mol. The van der Waals surface area contributed by atoms with Crippen molar-refractivity contribution in [2.75, 3.05) is 13.2 Å². The Morgan fingerprint density at radius 1 is 0.895 bits per heavy atom. The molecule has 3 nitrogen and oxygen atoms in total. The predicted molar refractivity (Wildman–Crippen MR) is 75.5 cm³/mol. The molecular weight excluding hydrogens is 238 g/mol. The molecule has 0 aliphatic carbocycles. The Balaban J connectivity index is 1.93. The molecule has 1 heterocycles. The van der Waals surface area contributed by atoms with Crippen LogP contribution in [0.15, 0.2) is 42.5 Å². The lowest BCUT2D eigenvalue weighted by Gasteiger charge is -2.19. The second-order valence-electron chi connectivity index (χ2n) is 4.77. The number of hydrogen-bond donors (Lipinski definition) is 1. The highest BCUT2D eigenvalue weighted by Crippen LogP contribution is 2.34. The molecule has 2 aromatic carbocycles. The average Bonchev–Trinajstić information content (AvgIpc) is 2.47. The molecule has 1 aliphatic heterocycles. The monoisotopic (exact) mass is 255 g/mol. The molecule has 0 spiro atoms. The lowest BCUT2D eigenvalue weighted by atomic mass is 10.0. The minimum atomic E-state index is 0.0642. The van der Waals surface area contributed by atoms with E-state index >= 15 is 0 Å². The van der Waals surface area contributed by atoms with Gasteiger partial charge in [-0.25, -0.2) is 0 Å². The molecular formula is C16H17NO2. The first-order valence-corrected chi connectivity index (χ1v) is 6.49. The van der Waals surface area contributed by atoms with Crippen LogP contribution < -0.4 is 15.2 Å². The van der Waals surface area contributed by atoms with E-state index in [1.165, 1.54) is 0 Å². The van der Waals surface area contributed by atoms with E-state index in [4.69, 9.17) is 15.2 Å². The maximum Gasteiger partial charge on any atom is 0.161 e. The van der Waals surface area contributed by atoms with Gasteiger partial charge >= 0.3 is 0 Å². The van der Waals surface area contributed by atoms with E-state index in [0.29, 0.717) is 13.2 Å². The molecule has 3 heteroatoms. The van der Waals surface area contributed by atoms with Crippen molar-refractivity contribution in [2.45, 2.75) is 13.0 Å². The van der Waals surface area contributed by atoms with Crippen molar-refractivity contribution < 1.29 is 9.47 Å². The second-order valence-corrected chi connectivity index (χ2v) is 4.77. The molecule has 1 atom stereocenters. The van der Waals surface area contributed by atoms with Gasteiger partial charge in [0.15, 0.2) is 11.5 Å². The summed E-state index contributed by atoms with van der Waals surface area (Å²) in [7, 11) is 0. The summed E-state index contributed by atoms with van der Waals surface area (Å²) in [4.78, 5) is 0. The number of rotatable bonds is 2. The minimum absolute atomic E-state index is 0.0642. The molecule has 98 valence electrons. The Morgan fingerprint density at radius 2 is 1.53 bits per heavy atom. The van der Waals surface area contributed by atoms with Crippen LogP contribution in [0.25, 0.3) is 11.1 Å². The second kappa shape index (κ2) is 4.94. The van der Waals surface area contributed by atoms with Gasteiger partial charge in [0.25, 0.3) is 0 Å². The van der Waals surface area contributed by atoms with Gasteiger partial charge in [-0.1, -0.05) is 30.3 Å². The lowest BCUT2D eigenvalue weighted by Crippen LogP contribution is -2.15. The fourth-order valence-corrected chi connectivity index (χ4v) is 2.20. The van der Waals surface area contributed by atoms with Gasteiger partial charge in [-0.05, 0) is 35.7 Å². The molecule has 0 aromatic heterocycles. The highest BCUT2D eigenvalue weighted by molar-refractivity contribution is 5.67. The Labute approximate surface area is 113 Å². The van der Waals surface area contributed by atoms with Crippen LogP contribution in [0.3, 0.4) is 0 Å². The zero-order valence-corrected chi connectivity index (χ0v) is 10.9. The summed E-state index contributed by atoms with van der Waals surface area (Å²) in [6.07, 6.45) is 0. The van der Waals surface area contributed by atoms with Gasteiger partial charge in [0.2, 0.25) is 0 Å². The van der Waals surface area contributed by atoms with Crippen molar-refractivity contribution in [3.63, 3.8) is 0 Å². The van der Waals surface area contributed by atoms with E-state index in [9.17, 15) is 0 Å². The number of benzene rings is 2.